The molecule has 1 aliphatic carbocycles. The molecule has 0 atom stereocenters. The second-order valence-electron chi connectivity index (χ2n) is 10.6. The van der Waals surface area contributed by atoms with E-state index in [9.17, 15) is 19.2 Å². The summed E-state index contributed by atoms with van der Waals surface area (Å²) in [5, 5.41) is 2.89. The monoisotopic (exact) mass is 559 g/mol. The van der Waals surface area contributed by atoms with Crippen LogP contribution in [-0.2, 0) is 11.2 Å². The molecule has 1 aromatic heterocycles. The van der Waals surface area contributed by atoms with Gasteiger partial charge in [0.25, 0.3) is 5.91 Å². The molecule has 42 heavy (non-hydrogen) atoms. The molecule has 0 radical (unpaired) electrons. The number of aryl methyl sites for hydroxylation is 1. The summed E-state index contributed by atoms with van der Waals surface area (Å²) in [6.07, 6.45) is 3.42. The summed E-state index contributed by atoms with van der Waals surface area (Å²) in [4.78, 5) is 66.6. The van der Waals surface area contributed by atoms with Crippen LogP contribution in [0.2, 0.25) is 0 Å². The van der Waals surface area contributed by atoms with Crippen LogP contribution in [0.3, 0.4) is 0 Å². The minimum atomic E-state index is -0.421. The lowest BCUT2D eigenvalue weighted by Gasteiger charge is -2.34. The first-order valence-corrected chi connectivity index (χ1v) is 13.9. The standard InChI is InChI=1S/C33H29N5O4/c1-21-7-9-22(10-8-21)32(42)36-29-23(11-12-27-28(29)31(41)26-6-3-2-5-25(26)30(27)40)19-24(39)20-37-15-17-38(18-16-37)33-34-13-4-14-35-33/h2-14H,15-20H2,1H3,(H,36,42). The van der Waals surface area contributed by atoms with Crippen LogP contribution in [-0.4, -0.2) is 70.8 Å². The van der Waals surface area contributed by atoms with Gasteiger partial charge in [-0.1, -0.05) is 48.0 Å². The maximum Gasteiger partial charge on any atom is 0.255 e. The number of amides is 1. The first-order valence-electron chi connectivity index (χ1n) is 13.9. The van der Waals surface area contributed by atoms with E-state index in [0.29, 0.717) is 48.8 Å². The topological polar surface area (TPSA) is 113 Å². The number of benzene rings is 3. The minimum Gasteiger partial charge on any atom is -0.338 e. The van der Waals surface area contributed by atoms with Gasteiger partial charge in [-0.25, -0.2) is 9.97 Å². The number of carbonyl (C=O) groups is 4. The van der Waals surface area contributed by atoms with Crippen LogP contribution in [0.25, 0.3) is 0 Å². The van der Waals surface area contributed by atoms with Gasteiger partial charge < -0.3 is 10.2 Å². The molecule has 210 valence electrons. The van der Waals surface area contributed by atoms with Crippen molar-refractivity contribution < 1.29 is 19.2 Å². The number of Topliss-reactive ketones (excluding diaryl/α,β-unsaturated/α-hetero) is 1. The highest BCUT2D eigenvalue weighted by Gasteiger charge is 2.33. The Bertz CT molecular complexity index is 1690. The number of hydrogen-bond donors (Lipinski definition) is 1. The zero-order valence-corrected chi connectivity index (χ0v) is 23.2. The molecule has 1 aliphatic heterocycles. The predicted octanol–water partition coefficient (Wildman–Crippen LogP) is 3.75. The number of rotatable bonds is 7. The van der Waals surface area contributed by atoms with Gasteiger partial charge >= 0.3 is 0 Å². The molecule has 9 heteroatoms. The second kappa shape index (κ2) is 11.5. The molecule has 4 aromatic rings. The van der Waals surface area contributed by atoms with Crippen LogP contribution in [0.4, 0.5) is 11.6 Å². The molecule has 0 bridgehead atoms. The Morgan fingerprint density at radius 2 is 1.45 bits per heavy atom. The summed E-state index contributed by atoms with van der Waals surface area (Å²) in [7, 11) is 0. The molecule has 0 spiro atoms. The van der Waals surface area contributed by atoms with Crippen molar-refractivity contribution >= 4 is 34.9 Å². The van der Waals surface area contributed by atoms with Gasteiger partial charge in [0.05, 0.1) is 17.8 Å². The molecule has 6 rings (SSSR count). The summed E-state index contributed by atoms with van der Waals surface area (Å²) < 4.78 is 0. The Morgan fingerprint density at radius 3 is 2.14 bits per heavy atom. The van der Waals surface area contributed by atoms with Crippen LogP contribution in [0, 0.1) is 6.92 Å². The Balaban J connectivity index is 1.26. The maximum atomic E-state index is 13.7. The Labute approximate surface area is 243 Å². The number of anilines is 2. The van der Waals surface area contributed by atoms with Gasteiger partial charge in [-0.05, 0) is 36.8 Å². The fraction of sp³-hybridized carbons (Fsp3) is 0.212. The number of piperazine rings is 1. The van der Waals surface area contributed by atoms with Crippen LogP contribution < -0.4 is 10.2 Å². The third-order valence-corrected chi connectivity index (χ3v) is 7.73. The summed E-state index contributed by atoms with van der Waals surface area (Å²) in [5.74, 6) is -0.444. The summed E-state index contributed by atoms with van der Waals surface area (Å²) in [6.45, 7) is 4.90. The van der Waals surface area contributed by atoms with Crippen molar-refractivity contribution in [3.05, 3.63) is 118 Å². The van der Waals surface area contributed by atoms with E-state index in [-0.39, 0.29) is 52.7 Å². The zero-order valence-electron chi connectivity index (χ0n) is 23.2. The van der Waals surface area contributed by atoms with Crippen molar-refractivity contribution in [2.45, 2.75) is 13.3 Å². The molecule has 2 aliphatic rings. The Hall–Kier alpha value is -5.02. The lowest BCUT2D eigenvalue weighted by molar-refractivity contribution is -0.119. The van der Waals surface area contributed by atoms with E-state index < -0.39 is 5.91 Å². The van der Waals surface area contributed by atoms with Crippen molar-refractivity contribution in [3.8, 4) is 0 Å². The number of nitrogens with zero attached hydrogens (tertiary/aromatic N) is 4. The molecule has 1 fully saturated rings. The van der Waals surface area contributed by atoms with Crippen LogP contribution in [0.15, 0.2) is 79.1 Å². The normalized spacial score (nSPS) is 14.7. The van der Waals surface area contributed by atoms with E-state index in [4.69, 9.17) is 0 Å². The fourth-order valence-corrected chi connectivity index (χ4v) is 5.49. The maximum absolute atomic E-state index is 13.7. The quantitative estimate of drug-likeness (QED) is 0.321. The zero-order chi connectivity index (χ0) is 29.2. The third-order valence-electron chi connectivity index (χ3n) is 7.73. The molecular formula is C33H29N5O4. The largest absolute Gasteiger partial charge is 0.338 e. The first-order chi connectivity index (χ1) is 20.4. The number of nitrogens with one attached hydrogen (secondary N) is 1. The third kappa shape index (κ3) is 5.34. The van der Waals surface area contributed by atoms with Crippen molar-refractivity contribution in [1.29, 1.82) is 0 Å². The molecule has 1 N–H and O–H groups in total. The van der Waals surface area contributed by atoms with Crippen molar-refractivity contribution in [2.75, 3.05) is 42.9 Å². The minimum absolute atomic E-state index is 0.00190. The van der Waals surface area contributed by atoms with Gasteiger partial charge in [0.15, 0.2) is 17.3 Å². The molecule has 9 nitrogen and oxygen atoms in total. The first kappa shape index (κ1) is 27.2. The number of aromatic nitrogens is 2. The average molecular weight is 560 g/mol. The summed E-state index contributed by atoms with van der Waals surface area (Å²) >= 11 is 0. The predicted molar refractivity (Wildman–Crippen MR) is 158 cm³/mol. The molecular weight excluding hydrogens is 530 g/mol. The summed E-state index contributed by atoms with van der Waals surface area (Å²) in [5.41, 5.74) is 3.07. The molecule has 1 amide bonds. The van der Waals surface area contributed by atoms with E-state index in [1.54, 1.807) is 67.0 Å². The van der Waals surface area contributed by atoms with E-state index in [1.165, 1.54) is 0 Å². The number of ketones is 3. The number of hydrogen-bond acceptors (Lipinski definition) is 8. The van der Waals surface area contributed by atoms with Gasteiger partial charge in [0, 0.05) is 67.2 Å². The smallest absolute Gasteiger partial charge is 0.255 e. The molecule has 2 heterocycles. The average Bonchev–Trinajstić information content (AvgIpc) is 3.01. The Morgan fingerprint density at radius 1 is 0.786 bits per heavy atom. The lowest BCUT2D eigenvalue weighted by atomic mass is 9.81. The molecule has 3 aromatic carbocycles. The number of carbonyl (C=O) groups excluding carboxylic acids is 4. The van der Waals surface area contributed by atoms with Crippen LogP contribution in [0.5, 0.6) is 0 Å². The van der Waals surface area contributed by atoms with Gasteiger partial charge in [0.2, 0.25) is 5.95 Å². The second-order valence-corrected chi connectivity index (χ2v) is 10.6. The van der Waals surface area contributed by atoms with E-state index in [1.807, 2.05) is 19.1 Å². The van der Waals surface area contributed by atoms with Gasteiger partial charge in [-0.15, -0.1) is 0 Å². The van der Waals surface area contributed by atoms with Crippen molar-refractivity contribution in [3.63, 3.8) is 0 Å². The van der Waals surface area contributed by atoms with E-state index in [0.717, 1.165) is 5.56 Å². The van der Waals surface area contributed by atoms with E-state index in [2.05, 4.69) is 25.1 Å². The van der Waals surface area contributed by atoms with Crippen molar-refractivity contribution in [1.82, 2.24) is 14.9 Å². The van der Waals surface area contributed by atoms with Gasteiger partial charge in [-0.3, -0.25) is 24.1 Å². The number of fused-ring (bicyclic) bond motifs is 2. The fourth-order valence-electron chi connectivity index (χ4n) is 5.49. The molecule has 1 saturated heterocycles. The Kier molecular flexibility index (Phi) is 7.41. The van der Waals surface area contributed by atoms with Crippen molar-refractivity contribution in [2.24, 2.45) is 0 Å². The highest BCUT2D eigenvalue weighted by Crippen LogP contribution is 2.35. The van der Waals surface area contributed by atoms with E-state index >= 15 is 0 Å². The molecule has 0 saturated carbocycles. The lowest BCUT2D eigenvalue weighted by Crippen LogP contribution is -2.48. The van der Waals surface area contributed by atoms with Crippen LogP contribution in [0.1, 0.15) is 53.3 Å². The highest BCUT2D eigenvalue weighted by molar-refractivity contribution is 6.31. The molecule has 0 unspecified atom stereocenters. The van der Waals surface area contributed by atoms with Gasteiger partial charge in [-0.2, -0.15) is 0 Å². The summed E-state index contributed by atoms with van der Waals surface area (Å²) in [6, 6.07) is 18.8. The van der Waals surface area contributed by atoms with Gasteiger partial charge in [0.1, 0.15) is 0 Å². The van der Waals surface area contributed by atoms with Crippen LogP contribution >= 0.6 is 0 Å². The highest BCUT2D eigenvalue weighted by atomic mass is 16.2. The SMILES string of the molecule is Cc1ccc(C(=O)Nc2c(CC(=O)CN3CCN(c4ncccn4)CC3)ccc3c2C(=O)c2ccccc2C3=O)cc1.